The van der Waals surface area contributed by atoms with Crippen LogP contribution in [-0.2, 0) is 11.2 Å². The summed E-state index contributed by atoms with van der Waals surface area (Å²) in [5.41, 5.74) is 2.10. The van der Waals surface area contributed by atoms with E-state index in [4.69, 9.17) is 13.9 Å². The highest BCUT2D eigenvalue weighted by atomic mass is 19.1. The number of halogens is 1. The molecule has 4 N–H and O–H groups in total. The van der Waals surface area contributed by atoms with Crippen molar-refractivity contribution in [3.05, 3.63) is 59.4 Å². The maximum Gasteiger partial charge on any atom is 0.229 e. The molecule has 4 rings (SSSR count). The van der Waals surface area contributed by atoms with E-state index in [2.05, 4.69) is 0 Å². The fraction of sp³-hybridized carbons (Fsp3) is 0.375. The number of phenolic OH excluding ortho intramolecular Hbond substituents is 1. The van der Waals surface area contributed by atoms with Crippen molar-refractivity contribution >= 4 is 16.8 Å². The summed E-state index contributed by atoms with van der Waals surface area (Å²) in [6.45, 7) is 0.929. The number of ketones is 1. The van der Waals surface area contributed by atoms with Gasteiger partial charge in [0.05, 0.1) is 12.9 Å². The number of carbonyl (C=O) groups is 1. The van der Waals surface area contributed by atoms with Crippen LogP contribution in [0.2, 0.25) is 0 Å². The van der Waals surface area contributed by atoms with Gasteiger partial charge in [-0.15, -0.1) is 0 Å². The van der Waals surface area contributed by atoms with Crippen LogP contribution < -0.4 is 4.74 Å². The van der Waals surface area contributed by atoms with Crippen LogP contribution in [-0.4, -0.2) is 63.6 Å². The van der Waals surface area contributed by atoms with Crippen molar-refractivity contribution in [2.24, 2.45) is 0 Å². The van der Waals surface area contributed by atoms with Crippen LogP contribution in [0.3, 0.4) is 0 Å². The van der Waals surface area contributed by atoms with E-state index in [9.17, 15) is 29.6 Å². The predicted octanol–water partition coefficient (Wildman–Crippen LogP) is 2.42. The van der Waals surface area contributed by atoms with Crippen molar-refractivity contribution in [2.75, 3.05) is 6.61 Å². The minimum Gasteiger partial charge on any atom is -0.507 e. The van der Waals surface area contributed by atoms with Crippen LogP contribution in [0.15, 0.2) is 47.1 Å². The summed E-state index contributed by atoms with van der Waals surface area (Å²) in [6.07, 6.45) is -6.57. The summed E-state index contributed by atoms with van der Waals surface area (Å²) in [6, 6.07) is 10.3. The number of rotatable bonds is 7. The Morgan fingerprint density at radius 1 is 1.15 bits per heavy atom. The number of phenols is 1. The van der Waals surface area contributed by atoms with E-state index in [0.717, 1.165) is 16.5 Å². The SMILES string of the molecule is Cc1cc(O)c(C(=O)CCc2ccc3occc3c2)c(OC2OC(CO)C(F)C(O)C2O)c1. The van der Waals surface area contributed by atoms with Gasteiger partial charge >= 0.3 is 0 Å². The molecule has 176 valence electrons. The first-order chi connectivity index (χ1) is 15.8. The number of aliphatic hydroxyl groups is 3. The standard InChI is InChI=1S/C24H25FO8/c1-12-8-16(28)20(15(27)4-2-13-3-5-17-14(10-13)6-7-31-17)18(9-12)32-24-23(30)22(29)21(25)19(11-26)33-24/h3,5-10,19,21-24,26,28-30H,2,4,11H2,1H3. The number of furan rings is 1. The Hall–Kier alpha value is -2.98. The van der Waals surface area contributed by atoms with Gasteiger partial charge in [0, 0.05) is 11.8 Å². The van der Waals surface area contributed by atoms with Crippen LogP contribution in [0.4, 0.5) is 4.39 Å². The summed E-state index contributed by atoms with van der Waals surface area (Å²) in [5.74, 6) is -0.802. The summed E-state index contributed by atoms with van der Waals surface area (Å²) >= 11 is 0. The number of benzene rings is 2. The Morgan fingerprint density at radius 3 is 2.70 bits per heavy atom. The molecule has 0 saturated carbocycles. The van der Waals surface area contributed by atoms with E-state index >= 15 is 0 Å². The average Bonchev–Trinajstić information content (AvgIpc) is 3.25. The number of aryl methyl sites for hydroxylation is 2. The van der Waals surface area contributed by atoms with Gasteiger partial charge < -0.3 is 34.3 Å². The third-order valence-electron chi connectivity index (χ3n) is 5.70. The lowest BCUT2D eigenvalue weighted by molar-refractivity contribution is -0.265. The van der Waals surface area contributed by atoms with Crippen LogP contribution in [0.25, 0.3) is 11.0 Å². The fourth-order valence-corrected chi connectivity index (χ4v) is 3.93. The molecule has 1 aliphatic heterocycles. The van der Waals surface area contributed by atoms with Gasteiger partial charge in [-0.3, -0.25) is 4.79 Å². The highest BCUT2D eigenvalue weighted by Gasteiger charge is 2.46. The molecule has 33 heavy (non-hydrogen) atoms. The molecule has 0 amide bonds. The number of carbonyl (C=O) groups excluding carboxylic acids is 1. The second kappa shape index (κ2) is 9.48. The molecular weight excluding hydrogens is 435 g/mol. The number of alkyl halides is 1. The minimum absolute atomic E-state index is 0.0544. The molecule has 8 nitrogen and oxygen atoms in total. The van der Waals surface area contributed by atoms with E-state index in [-0.39, 0.29) is 23.5 Å². The van der Waals surface area contributed by atoms with Gasteiger partial charge in [0.1, 0.15) is 41.0 Å². The Morgan fingerprint density at radius 2 is 1.94 bits per heavy atom. The van der Waals surface area contributed by atoms with Gasteiger partial charge in [-0.05, 0) is 54.8 Å². The molecule has 3 aromatic rings. The third-order valence-corrected chi connectivity index (χ3v) is 5.70. The van der Waals surface area contributed by atoms with E-state index in [1.165, 1.54) is 12.1 Å². The molecule has 1 fully saturated rings. The highest BCUT2D eigenvalue weighted by Crippen LogP contribution is 2.34. The lowest BCUT2D eigenvalue weighted by Gasteiger charge is -2.38. The van der Waals surface area contributed by atoms with E-state index in [1.54, 1.807) is 13.2 Å². The quantitative estimate of drug-likeness (QED) is 0.396. The molecular formula is C24H25FO8. The molecule has 0 spiro atoms. The number of ether oxygens (including phenoxy) is 2. The second-order valence-electron chi connectivity index (χ2n) is 8.14. The zero-order valence-electron chi connectivity index (χ0n) is 17.8. The minimum atomic E-state index is -2.01. The van der Waals surface area contributed by atoms with E-state index in [0.29, 0.717) is 12.0 Å². The van der Waals surface area contributed by atoms with Crippen molar-refractivity contribution in [2.45, 2.75) is 50.5 Å². The maximum absolute atomic E-state index is 14.0. The van der Waals surface area contributed by atoms with Crippen molar-refractivity contribution in [3.63, 3.8) is 0 Å². The summed E-state index contributed by atoms with van der Waals surface area (Å²) in [7, 11) is 0. The first kappa shape index (κ1) is 23.2. The van der Waals surface area contributed by atoms with E-state index in [1.807, 2.05) is 24.3 Å². The number of hydrogen-bond acceptors (Lipinski definition) is 8. The normalized spacial score (nSPS) is 25.3. The molecule has 5 atom stereocenters. The molecule has 0 aliphatic carbocycles. The van der Waals surface area contributed by atoms with Crippen molar-refractivity contribution in [1.82, 2.24) is 0 Å². The summed E-state index contributed by atoms with van der Waals surface area (Å²) in [4.78, 5) is 13.0. The van der Waals surface area contributed by atoms with Gasteiger partial charge in [0.25, 0.3) is 0 Å². The number of Topliss-reactive ketones (excluding diaryl/α,β-unsaturated/α-hetero) is 1. The van der Waals surface area contributed by atoms with E-state index < -0.39 is 43.2 Å². The zero-order valence-corrected chi connectivity index (χ0v) is 17.8. The Labute approximate surface area is 188 Å². The molecule has 1 saturated heterocycles. The van der Waals surface area contributed by atoms with Crippen molar-refractivity contribution in [1.29, 1.82) is 0 Å². The lowest BCUT2D eigenvalue weighted by Crippen LogP contribution is -2.58. The molecule has 2 heterocycles. The molecule has 2 aromatic carbocycles. The molecule has 9 heteroatoms. The largest absolute Gasteiger partial charge is 0.507 e. The lowest BCUT2D eigenvalue weighted by atomic mass is 9.98. The second-order valence-corrected chi connectivity index (χ2v) is 8.14. The topological polar surface area (TPSA) is 130 Å². The third kappa shape index (κ3) is 4.72. The number of hydrogen-bond donors (Lipinski definition) is 4. The maximum atomic E-state index is 14.0. The van der Waals surface area contributed by atoms with Crippen LogP contribution >= 0.6 is 0 Å². The fourth-order valence-electron chi connectivity index (χ4n) is 3.93. The average molecular weight is 460 g/mol. The molecule has 0 bridgehead atoms. The van der Waals surface area contributed by atoms with Gasteiger partial charge in [-0.2, -0.15) is 0 Å². The van der Waals surface area contributed by atoms with Crippen molar-refractivity contribution < 1.29 is 43.5 Å². The van der Waals surface area contributed by atoms with Gasteiger partial charge in [0.2, 0.25) is 6.29 Å². The van der Waals surface area contributed by atoms with Crippen LogP contribution in [0.1, 0.15) is 27.9 Å². The van der Waals surface area contributed by atoms with Gasteiger partial charge in [0.15, 0.2) is 12.0 Å². The monoisotopic (exact) mass is 460 g/mol. The first-order valence-electron chi connectivity index (χ1n) is 10.5. The summed E-state index contributed by atoms with van der Waals surface area (Å²) < 4.78 is 30.2. The van der Waals surface area contributed by atoms with Crippen LogP contribution in [0, 0.1) is 6.92 Å². The van der Waals surface area contributed by atoms with Gasteiger partial charge in [-0.1, -0.05) is 6.07 Å². The Kier molecular flexibility index (Phi) is 6.66. The van der Waals surface area contributed by atoms with Gasteiger partial charge in [-0.25, -0.2) is 4.39 Å². The molecule has 1 aliphatic rings. The molecule has 0 radical (unpaired) electrons. The zero-order chi connectivity index (χ0) is 23.7. The predicted molar refractivity (Wildman–Crippen MR) is 115 cm³/mol. The Bertz CT molecular complexity index is 1140. The smallest absolute Gasteiger partial charge is 0.229 e. The molecule has 1 aromatic heterocycles. The van der Waals surface area contributed by atoms with Crippen molar-refractivity contribution in [3.8, 4) is 11.5 Å². The summed E-state index contributed by atoms with van der Waals surface area (Å²) in [5, 5.41) is 40.8. The number of fused-ring (bicyclic) bond motifs is 1. The van der Waals surface area contributed by atoms with Crippen LogP contribution in [0.5, 0.6) is 11.5 Å². The Balaban J connectivity index is 1.55. The number of aromatic hydroxyl groups is 1. The highest BCUT2D eigenvalue weighted by molar-refractivity contribution is 6.01. The number of aliphatic hydroxyl groups excluding tert-OH is 3. The molecule has 5 unspecified atom stereocenters. The first-order valence-corrected chi connectivity index (χ1v) is 10.5.